The van der Waals surface area contributed by atoms with Crippen LogP contribution < -0.4 is 4.90 Å². The maximum absolute atomic E-state index is 13.6. The van der Waals surface area contributed by atoms with Crippen LogP contribution in [0.25, 0.3) is 0 Å². The summed E-state index contributed by atoms with van der Waals surface area (Å²) >= 11 is 7.61. The molecule has 0 radical (unpaired) electrons. The number of halogens is 1. The summed E-state index contributed by atoms with van der Waals surface area (Å²) in [7, 11) is 0. The predicted molar refractivity (Wildman–Crippen MR) is 117 cm³/mol. The molecule has 2 amide bonds. The molecule has 0 bridgehead atoms. The van der Waals surface area contributed by atoms with Gasteiger partial charge >= 0.3 is 0 Å². The minimum absolute atomic E-state index is 0.0702. The Morgan fingerprint density at radius 2 is 2.03 bits per heavy atom. The molecule has 7 nitrogen and oxygen atoms in total. The summed E-state index contributed by atoms with van der Waals surface area (Å²) < 4.78 is 1.93. The van der Waals surface area contributed by atoms with Crippen LogP contribution in [-0.2, 0) is 11.3 Å². The number of nitrogens with zero attached hydrogens (tertiary/aromatic N) is 4. The van der Waals surface area contributed by atoms with Crippen molar-refractivity contribution in [2.75, 3.05) is 30.3 Å². The maximum atomic E-state index is 13.6. The predicted octanol–water partition coefficient (Wildman–Crippen LogP) is 3.03. The van der Waals surface area contributed by atoms with E-state index in [2.05, 4.69) is 6.92 Å². The molecule has 1 fully saturated rings. The maximum Gasteiger partial charge on any atom is 0.281 e. The molecule has 0 saturated carbocycles. The molecule has 2 aliphatic rings. The van der Waals surface area contributed by atoms with Gasteiger partial charge in [0, 0.05) is 24.7 Å². The summed E-state index contributed by atoms with van der Waals surface area (Å²) in [5.41, 5.74) is 1.46. The van der Waals surface area contributed by atoms with E-state index in [4.69, 9.17) is 16.6 Å². The molecular weight excluding hydrogens is 424 g/mol. The van der Waals surface area contributed by atoms with Gasteiger partial charge in [-0.3, -0.25) is 14.5 Å². The van der Waals surface area contributed by atoms with Crippen molar-refractivity contribution in [2.24, 2.45) is 0 Å². The molecule has 1 atom stereocenters. The van der Waals surface area contributed by atoms with Gasteiger partial charge in [-0.25, -0.2) is 4.98 Å². The van der Waals surface area contributed by atoms with Gasteiger partial charge in [0.25, 0.3) is 11.8 Å². The third kappa shape index (κ3) is 3.84. The topological polar surface area (TPSA) is 78.7 Å². The highest BCUT2D eigenvalue weighted by Crippen LogP contribution is 2.36. The average molecular weight is 449 g/mol. The van der Waals surface area contributed by atoms with Crippen LogP contribution in [0.15, 0.2) is 29.4 Å². The van der Waals surface area contributed by atoms with Crippen LogP contribution in [0.5, 0.6) is 0 Å². The van der Waals surface area contributed by atoms with Gasteiger partial charge in [0.2, 0.25) is 0 Å². The molecule has 3 heterocycles. The van der Waals surface area contributed by atoms with Crippen LogP contribution in [0.3, 0.4) is 0 Å². The van der Waals surface area contributed by atoms with Gasteiger partial charge < -0.3 is 14.6 Å². The largest absolute Gasteiger partial charge is 0.396 e. The molecule has 1 saturated heterocycles. The number of fused-ring (bicyclic) bond motifs is 3. The zero-order valence-electron chi connectivity index (χ0n) is 16.9. The lowest BCUT2D eigenvalue weighted by Crippen LogP contribution is -2.46. The number of aliphatic hydroxyl groups is 1. The molecule has 2 aliphatic heterocycles. The molecule has 160 valence electrons. The summed E-state index contributed by atoms with van der Waals surface area (Å²) in [5.74, 6) is 0.905. The second-order valence-electron chi connectivity index (χ2n) is 7.44. The zero-order chi connectivity index (χ0) is 21.3. The number of amides is 2. The molecular formula is C21H25ClN4O3S. The molecule has 0 spiro atoms. The van der Waals surface area contributed by atoms with E-state index in [-0.39, 0.29) is 31.0 Å². The van der Waals surface area contributed by atoms with Crippen LogP contribution >= 0.6 is 23.4 Å². The Morgan fingerprint density at radius 3 is 2.73 bits per heavy atom. The highest BCUT2D eigenvalue weighted by molar-refractivity contribution is 7.99. The third-order valence-electron chi connectivity index (χ3n) is 5.51. The Kier molecular flexibility index (Phi) is 6.36. The molecule has 1 N–H and O–H groups in total. The van der Waals surface area contributed by atoms with Crippen molar-refractivity contribution in [3.8, 4) is 0 Å². The van der Waals surface area contributed by atoms with Gasteiger partial charge in [0.05, 0.1) is 6.54 Å². The Balaban J connectivity index is 1.83. The highest BCUT2D eigenvalue weighted by Gasteiger charge is 2.44. The zero-order valence-corrected chi connectivity index (χ0v) is 18.5. The van der Waals surface area contributed by atoms with Crippen LogP contribution in [0.4, 0.5) is 5.82 Å². The van der Waals surface area contributed by atoms with Gasteiger partial charge in [-0.15, -0.1) is 0 Å². The van der Waals surface area contributed by atoms with E-state index in [0.717, 1.165) is 22.9 Å². The van der Waals surface area contributed by atoms with Crippen molar-refractivity contribution in [3.63, 3.8) is 0 Å². The SMILES string of the molecule is CCSc1nc2c(n1Cc1ccc(Cl)cc1)C(=O)N(CCCO)C(=O)C1CCCN21. The van der Waals surface area contributed by atoms with Crippen molar-refractivity contribution in [3.05, 3.63) is 40.5 Å². The van der Waals surface area contributed by atoms with E-state index < -0.39 is 0 Å². The monoisotopic (exact) mass is 448 g/mol. The summed E-state index contributed by atoms with van der Waals surface area (Å²) in [6.07, 6.45) is 1.96. The smallest absolute Gasteiger partial charge is 0.281 e. The number of imide groups is 1. The Morgan fingerprint density at radius 1 is 1.27 bits per heavy atom. The summed E-state index contributed by atoms with van der Waals surface area (Å²) in [6, 6.07) is 7.16. The molecule has 2 aromatic rings. The number of benzene rings is 1. The van der Waals surface area contributed by atoms with E-state index in [1.807, 2.05) is 33.7 Å². The first-order valence-electron chi connectivity index (χ1n) is 10.3. The van der Waals surface area contributed by atoms with Crippen LogP contribution in [0.1, 0.15) is 42.2 Å². The number of aliphatic hydroxyl groups excluding tert-OH is 1. The van der Waals surface area contributed by atoms with Crippen LogP contribution in [0, 0.1) is 0 Å². The second kappa shape index (κ2) is 8.99. The van der Waals surface area contributed by atoms with E-state index in [9.17, 15) is 14.7 Å². The van der Waals surface area contributed by atoms with Crippen molar-refractivity contribution < 1.29 is 14.7 Å². The number of anilines is 1. The van der Waals surface area contributed by atoms with E-state index in [1.165, 1.54) is 4.90 Å². The van der Waals surface area contributed by atoms with Crippen molar-refractivity contribution in [1.82, 2.24) is 14.5 Å². The lowest BCUT2D eigenvalue weighted by Gasteiger charge is -2.24. The minimum atomic E-state index is -0.368. The fourth-order valence-corrected chi connectivity index (χ4v) is 4.96. The Bertz CT molecular complexity index is 946. The average Bonchev–Trinajstić information content (AvgIpc) is 3.33. The summed E-state index contributed by atoms with van der Waals surface area (Å²) in [5, 5.41) is 10.7. The number of thioether (sulfide) groups is 1. The number of carbonyl (C=O) groups is 2. The van der Waals surface area contributed by atoms with Crippen molar-refractivity contribution >= 4 is 41.0 Å². The van der Waals surface area contributed by atoms with Crippen molar-refractivity contribution in [2.45, 2.75) is 43.9 Å². The first-order valence-corrected chi connectivity index (χ1v) is 11.6. The number of aromatic nitrogens is 2. The summed E-state index contributed by atoms with van der Waals surface area (Å²) in [6.45, 7) is 3.36. The lowest BCUT2D eigenvalue weighted by atomic mass is 10.2. The number of hydrogen-bond donors (Lipinski definition) is 1. The Hall–Kier alpha value is -2.03. The molecule has 1 aromatic carbocycles. The van der Waals surface area contributed by atoms with E-state index in [1.54, 1.807) is 11.8 Å². The highest BCUT2D eigenvalue weighted by atomic mass is 35.5. The quantitative estimate of drug-likeness (QED) is 0.518. The van der Waals surface area contributed by atoms with Crippen LogP contribution in [-0.4, -0.2) is 62.9 Å². The van der Waals surface area contributed by atoms with Gasteiger partial charge in [0.1, 0.15) is 6.04 Å². The molecule has 0 aliphatic carbocycles. The van der Waals surface area contributed by atoms with Gasteiger partial charge in [-0.2, -0.15) is 0 Å². The fraction of sp³-hybridized carbons (Fsp3) is 0.476. The van der Waals surface area contributed by atoms with Crippen LogP contribution in [0.2, 0.25) is 5.02 Å². The first kappa shape index (κ1) is 21.2. The Labute approximate surface area is 185 Å². The fourth-order valence-electron chi connectivity index (χ4n) is 4.12. The van der Waals surface area contributed by atoms with Gasteiger partial charge in [-0.1, -0.05) is 42.4 Å². The standard InChI is InChI=1S/C21H25ClN4O3S/c1-2-30-21-23-18-17(26(21)13-14-6-8-15(22)9-7-14)20(29)25(11-4-12-27)19(28)16-5-3-10-24(16)18/h6-9,16,27H,2-5,10-13H2,1H3. The number of rotatable bonds is 7. The number of carbonyl (C=O) groups excluding carboxylic acids is 2. The van der Waals surface area contributed by atoms with Gasteiger partial charge in [0.15, 0.2) is 16.7 Å². The van der Waals surface area contributed by atoms with Gasteiger partial charge in [-0.05, 0) is 42.7 Å². The lowest BCUT2D eigenvalue weighted by molar-refractivity contribution is -0.129. The van der Waals surface area contributed by atoms with E-state index in [0.29, 0.717) is 42.5 Å². The van der Waals surface area contributed by atoms with E-state index >= 15 is 0 Å². The number of imidazole rings is 1. The third-order valence-corrected chi connectivity index (χ3v) is 6.62. The minimum Gasteiger partial charge on any atom is -0.396 e. The first-order chi connectivity index (χ1) is 14.5. The molecule has 1 aromatic heterocycles. The van der Waals surface area contributed by atoms with Crippen molar-refractivity contribution in [1.29, 1.82) is 0 Å². The molecule has 30 heavy (non-hydrogen) atoms. The molecule has 9 heteroatoms. The second-order valence-corrected chi connectivity index (χ2v) is 9.10. The number of hydrogen-bond acceptors (Lipinski definition) is 6. The normalized spacial score (nSPS) is 18.6. The summed E-state index contributed by atoms with van der Waals surface area (Å²) in [4.78, 5) is 34.9. The molecule has 4 rings (SSSR count). The molecule has 1 unspecified atom stereocenters.